The van der Waals surface area contributed by atoms with Crippen molar-refractivity contribution >= 4 is 6.01 Å². The van der Waals surface area contributed by atoms with Crippen molar-refractivity contribution in [3.8, 4) is 11.4 Å². The van der Waals surface area contributed by atoms with Crippen LogP contribution in [0.3, 0.4) is 0 Å². The van der Waals surface area contributed by atoms with Gasteiger partial charge in [0.05, 0.1) is 5.56 Å². The molecule has 21 heavy (non-hydrogen) atoms. The fourth-order valence-electron chi connectivity index (χ4n) is 2.05. The molecule has 0 N–H and O–H groups in total. The van der Waals surface area contributed by atoms with Crippen LogP contribution in [0.25, 0.3) is 11.4 Å². The number of benzene rings is 2. The number of nitrogens with zero attached hydrogens (tertiary/aromatic N) is 3. The Hall–Kier alpha value is -2.69. The Morgan fingerprint density at radius 3 is 2.52 bits per heavy atom. The normalized spacial score (nSPS) is 10.6. The molecule has 0 aliphatic rings. The molecular formula is C16H14FN3O. The number of rotatable bonds is 4. The second kappa shape index (κ2) is 5.75. The minimum Gasteiger partial charge on any atom is -0.323 e. The number of hydrogen-bond donors (Lipinski definition) is 0. The Morgan fingerprint density at radius 2 is 1.76 bits per heavy atom. The average Bonchev–Trinajstić information content (AvgIpc) is 2.98. The molecule has 0 unspecified atom stereocenters. The van der Waals surface area contributed by atoms with Crippen LogP contribution in [0.5, 0.6) is 0 Å². The summed E-state index contributed by atoms with van der Waals surface area (Å²) >= 11 is 0. The van der Waals surface area contributed by atoms with Gasteiger partial charge in [-0.2, -0.15) is 4.98 Å². The van der Waals surface area contributed by atoms with Crippen LogP contribution in [0.1, 0.15) is 5.56 Å². The molecule has 0 saturated carbocycles. The Balaban J connectivity index is 1.80. The maximum atomic E-state index is 13.7. The molecule has 3 rings (SSSR count). The topological polar surface area (TPSA) is 42.2 Å². The molecule has 3 aromatic rings. The summed E-state index contributed by atoms with van der Waals surface area (Å²) in [5, 5.41) is 3.84. The van der Waals surface area contributed by atoms with E-state index < -0.39 is 0 Å². The smallest absolute Gasteiger partial charge is 0.323 e. The molecule has 0 fully saturated rings. The molecule has 0 spiro atoms. The lowest BCUT2D eigenvalue weighted by Gasteiger charge is -2.13. The lowest BCUT2D eigenvalue weighted by atomic mass is 10.2. The maximum absolute atomic E-state index is 13.7. The highest BCUT2D eigenvalue weighted by Crippen LogP contribution is 2.22. The maximum Gasteiger partial charge on any atom is 0.324 e. The molecule has 0 bridgehead atoms. The standard InChI is InChI=1S/C16H14FN3O/c1-20(11-12-7-3-2-4-8-12)16-18-15(19-21-16)13-9-5-6-10-14(13)17/h2-10H,11H2,1H3. The van der Waals surface area contributed by atoms with Gasteiger partial charge in [0.25, 0.3) is 0 Å². The summed E-state index contributed by atoms with van der Waals surface area (Å²) in [7, 11) is 1.85. The Morgan fingerprint density at radius 1 is 1.05 bits per heavy atom. The number of aromatic nitrogens is 2. The second-order valence-electron chi connectivity index (χ2n) is 4.72. The third-order valence-corrected chi connectivity index (χ3v) is 3.12. The van der Waals surface area contributed by atoms with Crippen LogP contribution in [0.2, 0.25) is 0 Å². The molecule has 106 valence electrons. The summed E-state index contributed by atoms with van der Waals surface area (Å²) in [4.78, 5) is 6.07. The molecule has 4 nitrogen and oxygen atoms in total. The molecule has 5 heteroatoms. The fourth-order valence-corrected chi connectivity index (χ4v) is 2.05. The highest BCUT2D eigenvalue weighted by Gasteiger charge is 2.15. The molecule has 0 aliphatic carbocycles. The molecule has 0 saturated heterocycles. The molecular weight excluding hydrogens is 269 g/mol. The summed E-state index contributed by atoms with van der Waals surface area (Å²) in [6.45, 7) is 0.639. The van der Waals surface area contributed by atoms with Crippen LogP contribution in [0.4, 0.5) is 10.4 Å². The van der Waals surface area contributed by atoms with E-state index >= 15 is 0 Å². The zero-order valence-electron chi connectivity index (χ0n) is 11.5. The van der Waals surface area contributed by atoms with Gasteiger partial charge in [-0.3, -0.25) is 0 Å². The number of halogens is 1. The zero-order chi connectivity index (χ0) is 14.7. The van der Waals surface area contributed by atoms with Crippen LogP contribution in [0, 0.1) is 5.82 Å². The van der Waals surface area contributed by atoms with Gasteiger partial charge in [0.15, 0.2) is 0 Å². The summed E-state index contributed by atoms with van der Waals surface area (Å²) in [6.07, 6.45) is 0. The minimum absolute atomic E-state index is 0.253. The van der Waals surface area contributed by atoms with Gasteiger partial charge in [-0.15, -0.1) is 0 Å². The first-order valence-electron chi connectivity index (χ1n) is 6.58. The van der Waals surface area contributed by atoms with Crippen LogP contribution in [0.15, 0.2) is 59.1 Å². The predicted octanol–water partition coefficient (Wildman–Crippen LogP) is 3.51. The average molecular weight is 283 g/mol. The van der Waals surface area contributed by atoms with Gasteiger partial charge in [-0.25, -0.2) is 4.39 Å². The van der Waals surface area contributed by atoms with Crippen molar-refractivity contribution in [3.63, 3.8) is 0 Å². The highest BCUT2D eigenvalue weighted by atomic mass is 19.1. The van der Waals surface area contributed by atoms with E-state index in [1.165, 1.54) is 6.07 Å². The van der Waals surface area contributed by atoms with Crippen LogP contribution in [-0.2, 0) is 6.54 Å². The minimum atomic E-state index is -0.365. The third-order valence-electron chi connectivity index (χ3n) is 3.12. The Bertz CT molecular complexity index is 727. The fraction of sp³-hybridized carbons (Fsp3) is 0.125. The van der Waals surface area contributed by atoms with Gasteiger partial charge < -0.3 is 9.42 Å². The van der Waals surface area contributed by atoms with E-state index in [4.69, 9.17) is 4.52 Å². The lowest BCUT2D eigenvalue weighted by molar-refractivity contribution is 0.418. The number of hydrogen-bond acceptors (Lipinski definition) is 4. The summed E-state index contributed by atoms with van der Waals surface area (Å²) in [6, 6.07) is 16.7. The summed E-state index contributed by atoms with van der Waals surface area (Å²) in [5.41, 5.74) is 1.46. The van der Waals surface area contributed by atoms with Crippen molar-refractivity contribution in [1.29, 1.82) is 0 Å². The van der Waals surface area contributed by atoms with Crippen molar-refractivity contribution in [2.75, 3.05) is 11.9 Å². The number of anilines is 1. The zero-order valence-corrected chi connectivity index (χ0v) is 11.5. The third kappa shape index (κ3) is 2.91. The molecule has 2 aromatic carbocycles. The quantitative estimate of drug-likeness (QED) is 0.734. The summed E-state index contributed by atoms with van der Waals surface area (Å²) in [5.74, 6) is -0.112. The Labute approximate surface area is 121 Å². The second-order valence-corrected chi connectivity index (χ2v) is 4.72. The van der Waals surface area contributed by atoms with E-state index in [0.717, 1.165) is 5.56 Å². The van der Waals surface area contributed by atoms with E-state index in [2.05, 4.69) is 10.1 Å². The molecule has 0 radical (unpaired) electrons. The van der Waals surface area contributed by atoms with Crippen LogP contribution in [-0.4, -0.2) is 17.2 Å². The monoisotopic (exact) mass is 283 g/mol. The van der Waals surface area contributed by atoms with E-state index in [0.29, 0.717) is 18.1 Å². The van der Waals surface area contributed by atoms with Gasteiger partial charge >= 0.3 is 6.01 Å². The molecule has 1 heterocycles. The van der Waals surface area contributed by atoms with Crippen molar-refractivity contribution in [3.05, 3.63) is 66.0 Å². The van der Waals surface area contributed by atoms with Crippen molar-refractivity contribution in [2.24, 2.45) is 0 Å². The van der Waals surface area contributed by atoms with E-state index in [-0.39, 0.29) is 11.6 Å². The molecule has 1 aromatic heterocycles. The van der Waals surface area contributed by atoms with E-state index in [1.54, 1.807) is 18.2 Å². The van der Waals surface area contributed by atoms with Gasteiger partial charge in [0.1, 0.15) is 5.82 Å². The van der Waals surface area contributed by atoms with Crippen LogP contribution >= 0.6 is 0 Å². The van der Waals surface area contributed by atoms with Crippen LogP contribution < -0.4 is 4.90 Å². The van der Waals surface area contributed by atoms with Crippen molar-refractivity contribution in [1.82, 2.24) is 10.1 Å². The first-order valence-corrected chi connectivity index (χ1v) is 6.58. The van der Waals surface area contributed by atoms with Gasteiger partial charge in [0, 0.05) is 13.6 Å². The van der Waals surface area contributed by atoms with Crippen molar-refractivity contribution < 1.29 is 8.91 Å². The first kappa shape index (κ1) is 13.3. The highest BCUT2D eigenvalue weighted by molar-refractivity contribution is 5.56. The van der Waals surface area contributed by atoms with Gasteiger partial charge in [0.2, 0.25) is 5.82 Å². The lowest BCUT2D eigenvalue weighted by Crippen LogP contribution is -2.16. The summed E-state index contributed by atoms with van der Waals surface area (Å²) < 4.78 is 18.9. The molecule has 0 aliphatic heterocycles. The van der Waals surface area contributed by atoms with E-state index in [1.807, 2.05) is 42.3 Å². The largest absolute Gasteiger partial charge is 0.324 e. The van der Waals surface area contributed by atoms with Crippen molar-refractivity contribution in [2.45, 2.75) is 6.54 Å². The predicted molar refractivity (Wildman–Crippen MR) is 78.2 cm³/mol. The Kier molecular flexibility index (Phi) is 3.64. The molecule has 0 atom stereocenters. The van der Waals surface area contributed by atoms with E-state index in [9.17, 15) is 4.39 Å². The van der Waals surface area contributed by atoms with Gasteiger partial charge in [-0.1, -0.05) is 47.6 Å². The molecule has 0 amide bonds. The van der Waals surface area contributed by atoms with Gasteiger partial charge in [-0.05, 0) is 17.7 Å². The first-order chi connectivity index (χ1) is 10.2. The SMILES string of the molecule is CN(Cc1ccccc1)c1nc(-c2ccccc2F)no1.